The van der Waals surface area contributed by atoms with Gasteiger partial charge in [0.05, 0.1) is 0 Å². The van der Waals surface area contributed by atoms with Crippen LogP contribution in [-0.2, 0) is 6.42 Å². The number of hydrogen-bond donors (Lipinski definition) is 1. The summed E-state index contributed by atoms with van der Waals surface area (Å²) in [5, 5.41) is 0.513. The Bertz CT molecular complexity index is 631. The van der Waals surface area contributed by atoms with Crippen LogP contribution in [0.5, 0.6) is 0 Å². The maximum Gasteiger partial charge on any atom is 0.127 e. The monoisotopic (exact) mass is 368 g/mol. The standard InChI is InChI=1S/C19H22ClFN2.ClH/c20-18-7-4-8-19(21)16(18)9-10-23-12-15(11-22)17(13-23)14-5-2-1-3-6-14;/h1-8,15,17H,9-13,22H2;1H/t15-,17+;/m1./s1. The van der Waals surface area contributed by atoms with Crippen LogP contribution in [-0.4, -0.2) is 31.1 Å². The van der Waals surface area contributed by atoms with Crippen LogP contribution in [0.2, 0.25) is 5.02 Å². The fraction of sp³-hybridized carbons (Fsp3) is 0.368. The van der Waals surface area contributed by atoms with Crippen LogP contribution < -0.4 is 5.73 Å². The predicted molar refractivity (Wildman–Crippen MR) is 101 cm³/mol. The lowest BCUT2D eigenvalue weighted by molar-refractivity contribution is 0.327. The molecule has 1 saturated heterocycles. The maximum atomic E-state index is 13.9. The molecule has 0 aromatic heterocycles. The van der Waals surface area contributed by atoms with E-state index in [1.54, 1.807) is 12.1 Å². The zero-order chi connectivity index (χ0) is 16.2. The first-order chi connectivity index (χ1) is 11.2. The van der Waals surface area contributed by atoms with E-state index in [4.69, 9.17) is 17.3 Å². The highest BCUT2D eigenvalue weighted by Gasteiger charge is 2.32. The van der Waals surface area contributed by atoms with Crippen LogP contribution in [0.25, 0.3) is 0 Å². The molecule has 0 aliphatic carbocycles. The Morgan fingerprint density at radius 2 is 1.83 bits per heavy atom. The van der Waals surface area contributed by atoms with Crippen molar-refractivity contribution < 1.29 is 4.39 Å². The molecule has 0 spiro atoms. The van der Waals surface area contributed by atoms with Gasteiger partial charge in [-0.3, -0.25) is 0 Å². The second kappa shape index (κ2) is 8.82. The number of nitrogens with zero attached hydrogens (tertiary/aromatic N) is 1. The van der Waals surface area contributed by atoms with Gasteiger partial charge in [0.2, 0.25) is 0 Å². The number of likely N-dealkylation sites (tertiary alicyclic amines) is 1. The van der Waals surface area contributed by atoms with Crippen molar-refractivity contribution in [1.29, 1.82) is 0 Å². The summed E-state index contributed by atoms with van der Waals surface area (Å²) in [5.41, 5.74) is 7.93. The third-order valence-electron chi connectivity index (χ3n) is 4.79. The lowest BCUT2D eigenvalue weighted by Crippen LogP contribution is -2.25. The van der Waals surface area contributed by atoms with Crippen molar-refractivity contribution in [3.63, 3.8) is 0 Å². The van der Waals surface area contributed by atoms with E-state index < -0.39 is 0 Å². The first kappa shape index (κ1) is 19.2. The Labute approximate surface area is 154 Å². The fourth-order valence-electron chi connectivity index (χ4n) is 3.50. The van der Waals surface area contributed by atoms with Gasteiger partial charge < -0.3 is 10.6 Å². The molecular weight excluding hydrogens is 346 g/mol. The molecule has 2 N–H and O–H groups in total. The van der Waals surface area contributed by atoms with Crippen molar-refractivity contribution in [2.75, 3.05) is 26.2 Å². The summed E-state index contributed by atoms with van der Waals surface area (Å²) in [5.74, 6) is 0.692. The van der Waals surface area contributed by atoms with Gasteiger partial charge >= 0.3 is 0 Å². The Morgan fingerprint density at radius 1 is 1.08 bits per heavy atom. The highest BCUT2D eigenvalue weighted by atomic mass is 35.5. The molecule has 1 aliphatic rings. The molecular formula is C19H23Cl2FN2. The van der Waals surface area contributed by atoms with Gasteiger partial charge in [-0.2, -0.15) is 0 Å². The van der Waals surface area contributed by atoms with Gasteiger partial charge in [-0.15, -0.1) is 12.4 Å². The van der Waals surface area contributed by atoms with Crippen LogP contribution in [0.1, 0.15) is 17.0 Å². The number of nitrogens with two attached hydrogens (primary N) is 1. The highest BCUT2D eigenvalue weighted by Crippen LogP contribution is 2.32. The average molecular weight is 369 g/mol. The minimum Gasteiger partial charge on any atom is -0.330 e. The second-order valence-corrected chi connectivity index (χ2v) is 6.63. The van der Waals surface area contributed by atoms with E-state index in [0.29, 0.717) is 35.4 Å². The van der Waals surface area contributed by atoms with E-state index in [-0.39, 0.29) is 18.2 Å². The molecule has 2 atom stereocenters. The molecule has 24 heavy (non-hydrogen) atoms. The molecule has 1 heterocycles. The van der Waals surface area contributed by atoms with Crippen molar-refractivity contribution in [3.05, 3.63) is 70.5 Å². The summed E-state index contributed by atoms with van der Waals surface area (Å²) in [4.78, 5) is 2.37. The summed E-state index contributed by atoms with van der Waals surface area (Å²) in [6.07, 6.45) is 0.629. The third-order valence-corrected chi connectivity index (χ3v) is 5.14. The molecule has 130 valence electrons. The quantitative estimate of drug-likeness (QED) is 0.859. The zero-order valence-corrected chi connectivity index (χ0v) is 15.1. The first-order valence-corrected chi connectivity index (χ1v) is 8.47. The largest absolute Gasteiger partial charge is 0.330 e. The van der Waals surface area contributed by atoms with Gasteiger partial charge in [0.25, 0.3) is 0 Å². The lowest BCUT2D eigenvalue weighted by Gasteiger charge is -2.17. The minimum atomic E-state index is -0.216. The number of benzene rings is 2. The SMILES string of the molecule is Cl.NC[C@@H]1CN(CCc2c(F)cccc2Cl)C[C@H]1c1ccccc1. The molecule has 1 aliphatic heterocycles. The van der Waals surface area contributed by atoms with E-state index in [2.05, 4.69) is 29.2 Å². The van der Waals surface area contributed by atoms with Gasteiger partial charge in [0, 0.05) is 36.1 Å². The lowest BCUT2D eigenvalue weighted by atomic mass is 9.89. The Balaban J connectivity index is 0.00000208. The minimum absolute atomic E-state index is 0. The van der Waals surface area contributed by atoms with Crippen LogP contribution >= 0.6 is 24.0 Å². The van der Waals surface area contributed by atoms with Crippen LogP contribution in [0.15, 0.2) is 48.5 Å². The molecule has 5 heteroatoms. The smallest absolute Gasteiger partial charge is 0.127 e. The number of rotatable bonds is 5. The van der Waals surface area contributed by atoms with E-state index in [1.165, 1.54) is 11.6 Å². The summed E-state index contributed by atoms with van der Waals surface area (Å²) in [6.45, 7) is 3.41. The van der Waals surface area contributed by atoms with Crippen LogP contribution in [0.4, 0.5) is 4.39 Å². The number of hydrogen-bond acceptors (Lipinski definition) is 2. The Hall–Kier alpha value is -1.13. The maximum absolute atomic E-state index is 13.9. The molecule has 0 bridgehead atoms. The topological polar surface area (TPSA) is 29.3 Å². The Morgan fingerprint density at radius 3 is 2.50 bits per heavy atom. The third kappa shape index (κ3) is 4.28. The molecule has 0 radical (unpaired) electrons. The molecule has 0 saturated carbocycles. The summed E-state index contributed by atoms with van der Waals surface area (Å²) >= 11 is 6.12. The summed E-state index contributed by atoms with van der Waals surface area (Å²) in [6, 6.07) is 15.4. The van der Waals surface area contributed by atoms with Crippen molar-refractivity contribution >= 4 is 24.0 Å². The molecule has 1 fully saturated rings. The molecule has 2 aromatic carbocycles. The van der Waals surface area contributed by atoms with Gasteiger partial charge in [0.1, 0.15) is 5.82 Å². The van der Waals surface area contributed by atoms with E-state index in [9.17, 15) is 4.39 Å². The van der Waals surface area contributed by atoms with Gasteiger partial charge in [-0.25, -0.2) is 4.39 Å². The molecule has 0 unspecified atom stereocenters. The highest BCUT2D eigenvalue weighted by molar-refractivity contribution is 6.31. The average Bonchev–Trinajstić information content (AvgIpc) is 2.98. The normalized spacial score (nSPS) is 20.8. The van der Waals surface area contributed by atoms with Gasteiger partial charge in [-0.05, 0) is 36.6 Å². The van der Waals surface area contributed by atoms with Crippen molar-refractivity contribution in [2.45, 2.75) is 12.3 Å². The van der Waals surface area contributed by atoms with Gasteiger partial charge in [-0.1, -0.05) is 48.0 Å². The van der Waals surface area contributed by atoms with E-state index in [1.807, 2.05) is 6.07 Å². The fourth-order valence-corrected chi connectivity index (χ4v) is 3.76. The molecule has 2 aromatic rings. The summed E-state index contributed by atoms with van der Waals surface area (Å²) in [7, 11) is 0. The number of halogens is 3. The second-order valence-electron chi connectivity index (χ2n) is 6.22. The molecule has 3 rings (SSSR count). The van der Waals surface area contributed by atoms with E-state index in [0.717, 1.165) is 19.6 Å². The zero-order valence-electron chi connectivity index (χ0n) is 13.5. The van der Waals surface area contributed by atoms with Crippen LogP contribution in [0.3, 0.4) is 0 Å². The molecule has 2 nitrogen and oxygen atoms in total. The van der Waals surface area contributed by atoms with Crippen LogP contribution in [0, 0.1) is 11.7 Å². The predicted octanol–water partition coefficient (Wildman–Crippen LogP) is 4.12. The van der Waals surface area contributed by atoms with Crippen molar-refractivity contribution in [1.82, 2.24) is 4.90 Å². The van der Waals surface area contributed by atoms with Gasteiger partial charge in [0.15, 0.2) is 0 Å². The molecule has 0 amide bonds. The Kier molecular flexibility index (Phi) is 7.05. The first-order valence-electron chi connectivity index (χ1n) is 8.09. The van der Waals surface area contributed by atoms with Crippen molar-refractivity contribution in [3.8, 4) is 0 Å². The summed E-state index contributed by atoms with van der Waals surface area (Å²) < 4.78 is 13.9. The van der Waals surface area contributed by atoms with E-state index >= 15 is 0 Å². The van der Waals surface area contributed by atoms with Crippen molar-refractivity contribution in [2.24, 2.45) is 11.7 Å².